The molecular formula is C21H25FN2O. The van der Waals surface area contributed by atoms with E-state index < -0.39 is 0 Å². The van der Waals surface area contributed by atoms with Crippen molar-refractivity contribution in [3.8, 4) is 0 Å². The van der Waals surface area contributed by atoms with Crippen LogP contribution in [-0.4, -0.2) is 23.9 Å². The first-order valence-electron chi connectivity index (χ1n) is 8.87. The number of nitrogens with zero attached hydrogens (tertiary/aromatic N) is 1. The fourth-order valence-corrected chi connectivity index (χ4v) is 3.32. The molecule has 2 aromatic rings. The van der Waals surface area contributed by atoms with Crippen molar-refractivity contribution in [3.05, 3.63) is 65.0 Å². The zero-order chi connectivity index (χ0) is 17.8. The van der Waals surface area contributed by atoms with Crippen molar-refractivity contribution >= 4 is 11.6 Å². The van der Waals surface area contributed by atoms with Crippen molar-refractivity contribution in [1.82, 2.24) is 4.90 Å². The van der Waals surface area contributed by atoms with E-state index in [1.807, 2.05) is 31.2 Å². The van der Waals surface area contributed by atoms with Gasteiger partial charge in [0.15, 0.2) is 0 Å². The van der Waals surface area contributed by atoms with Crippen LogP contribution in [0.1, 0.15) is 29.5 Å². The topological polar surface area (TPSA) is 32.3 Å². The summed E-state index contributed by atoms with van der Waals surface area (Å²) >= 11 is 0. The first-order valence-corrected chi connectivity index (χ1v) is 8.87. The number of hydrogen-bond donors (Lipinski definition) is 1. The van der Waals surface area contributed by atoms with E-state index in [9.17, 15) is 9.18 Å². The largest absolute Gasteiger partial charge is 0.326 e. The number of carbonyl (C=O) groups excluding carboxylic acids is 1. The lowest BCUT2D eigenvalue weighted by molar-refractivity contribution is -0.121. The molecule has 0 radical (unpaired) electrons. The summed E-state index contributed by atoms with van der Waals surface area (Å²) in [6.07, 6.45) is 1.72. The molecule has 0 spiro atoms. The molecule has 132 valence electrons. The average molecular weight is 340 g/mol. The molecule has 0 unspecified atom stereocenters. The minimum absolute atomic E-state index is 0.0596. The predicted molar refractivity (Wildman–Crippen MR) is 98.9 cm³/mol. The third-order valence-corrected chi connectivity index (χ3v) is 5.14. The summed E-state index contributed by atoms with van der Waals surface area (Å²) in [5.74, 6) is -0.0231. The first-order chi connectivity index (χ1) is 12.0. The van der Waals surface area contributed by atoms with Gasteiger partial charge in [-0.2, -0.15) is 0 Å². The number of carbonyl (C=O) groups is 1. The highest BCUT2D eigenvalue weighted by Crippen LogP contribution is 2.23. The van der Waals surface area contributed by atoms with E-state index in [0.717, 1.165) is 49.3 Å². The molecule has 0 atom stereocenters. The van der Waals surface area contributed by atoms with E-state index in [4.69, 9.17) is 0 Å². The minimum atomic E-state index is -0.203. The maximum absolute atomic E-state index is 13.0. The number of hydrogen-bond acceptors (Lipinski definition) is 2. The van der Waals surface area contributed by atoms with Crippen molar-refractivity contribution in [3.63, 3.8) is 0 Å². The summed E-state index contributed by atoms with van der Waals surface area (Å²) in [7, 11) is 0. The maximum Gasteiger partial charge on any atom is 0.227 e. The third kappa shape index (κ3) is 4.45. The van der Waals surface area contributed by atoms with Crippen molar-refractivity contribution < 1.29 is 9.18 Å². The second-order valence-corrected chi connectivity index (χ2v) is 6.91. The van der Waals surface area contributed by atoms with Gasteiger partial charge in [-0.15, -0.1) is 0 Å². The van der Waals surface area contributed by atoms with Gasteiger partial charge >= 0.3 is 0 Å². The fourth-order valence-electron chi connectivity index (χ4n) is 3.32. The number of halogens is 1. The van der Waals surface area contributed by atoms with Crippen LogP contribution < -0.4 is 5.32 Å². The molecule has 0 bridgehead atoms. The van der Waals surface area contributed by atoms with E-state index in [-0.39, 0.29) is 17.6 Å². The van der Waals surface area contributed by atoms with Gasteiger partial charge in [0.25, 0.3) is 0 Å². The van der Waals surface area contributed by atoms with Gasteiger partial charge in [-0.25, -0.2) is 4.39 Å². The number of likely N-dealkylation sites (tertiary alicyclic amines) is 1. The standard InChI is InChI=1S/C21H25FN2O/c1-15-4-3-5-20(16(15)2)23-21(25)18-10-12-24(13-11-18)14-17-6-8-19(22)9-7-17/h3-9,18H,10-14H2,1-2H3,(H,23,25). The van der Waals surface area contributed by atoms with Crippen molar-refractivity contribution in [2.45, 2.75) is 33.2 Å². The molecule has 2 aromatic carbocycles. The molecule has 1 N–H and O–H groups in total. The Morgan fingerprint density at radius 2 is 1.80 bits per heavy atom. The molecule has 0 saturated carbocycles. The van der Waals surface area contributed by atoms with E-state index >= 15 is 0 Å². The van der Waals surface area contributed by atoms with E-state index in [2.05, 4.69) is 23.2 Å². The Morgan fingerprint density at radius 1 is 1.12 bits per heavy atom. The average Bonchev–Trinajstić information content (AvgIpc) is 2.61. The van der Waals surface area contributed by atoms with E-state index in [0.29, 0.717) is 0 Å². The summed E-state index contributed by atoms with van der Waals surface area (Å²) in [6, 6.07) is 12.6. The van der Waals surface area contributed by atoms with Crippen LogP contribution in [-0.2, 0) is 11.3 Å². The van der Waals surface area contributed by atoms with Gasteiger partial charge in [-0.05, 0) is 74.7 Å². The Morgan fingerprint density at radius 3 is 2.48 bits per heavy atom. The molecule has 1 aliphatic rings. The summed E-state index contributed by atoms with van der Waals surface area (Å²) in [4.78, 5) is 14.9. The quantitative estimate of drug-likeness (QED) is 0.900. The van der Waals surface area contributed by atoms with Gasteiger partial charge < -0.3 is 5.32 Å². The maximum atomic E-state index is 13.0. The smallest absolute Gasteiger partial charge is 0.227 e. The molecule has 0 aliphatic carbocycles. The van der Waals surface area contributed by atoms with Gasteiger partial charge in [0.1, 0.15) is 5.82 Å². The normalized spacial score (nSPS) is 16.0. The highest BCUT2D eigenvalue weighted by Gasteiger charge is 2.25. The van der Waals surface area contributed by atoms with Crippen LogP contribution in [0.15, 0.2) is 42.5 Å². The van der Waals surface area contributed by atoms with Crippen molar-refractivity contribution in [1.29, 1.82) is 0 Å². The lowest BCUT2D eigenvalue weighted by Crippen LogP contribution is -2.37. The number of rotatable bonds is 4. The predicted octanol–water partition coefficient (Wildman–Crippen LogP) is 4.29. The van der Waals surface area contributed by atoms with Crippen LogP contribution in [0.2, 0.25) is 0 Å². The molecule has 3 nitrogen and oxygen atoms in total. The van der Waals surface area contributed by atoms with Crippen LogP contribution in [0.25, 0.3) is 0 Å². The lowest BCUT2D eigenvalue weighted by Gasteiger charge is -2.31. The first kappa shape index (κ1) is 17.6. The number of amides is 1. The highest BCUT2D eigenvalue weighted by molar-refractivity contribution is 5.93. The number of benzene rings is 2. The monoisotopic (exact) mass is 340 g/mol. The second-order valence-electron chi connectivity index (χ2n) is 6.91. The van der Waals surface area contributed by atoms with Crippen LogP contribution in [0, 0.1) is 25.6 Å². The Kier molecular flexibility index (Phi) is 5.49. The Labute approximate surface area is 148 Å². The second kappa shape index (κ2) is 7.79. The Bertz CT molecular complexity index is 734. The van der Waals surface area contributed by atoms with Gasteiger partial charge in [0, 0.05) is 18.2 Å². The molecule has 4 heteroatoms. The number of anilines is 1. The zero-order valence-electron chi connectivity index (χ0n) is 14.9. The number of aryl methyl sites for hydroxylation is 1. The van der Waals surface area contributed by atoms with Crippen molar-refractivity contribution in [2.75, 3.05) is 18.4 Å². The van der Waals surface area contributed by atoms with Crippen LogP contribution >= 0.6 is 0 Å². The zero-order valence-corrected chi connectivity index (χ0v) is 14.9. The number of nitrogens with one attached hydrogen (secondary N) is 1. The van der Waals surface area contributed by atoms with Gasteiger partial charge in [0.2, 0.25) is 5.91 Å². The van der Waals surface area contributed by atoms with E-state index in [1.54, 1.807) is 0 Å². The molecular weight excluding hydrogens is 315 g/mol. The van der Waals surface area contributed by atoms with Gasteiger partial charge in [0.05, 0.1) is 0 Å². The molecule has 3 rings (SSSR count). The minimum Gasteiger partial charge on any atom is -0.326 e. The fraction of sp³-hybridized carbons (Fsp3) is 0.381. The molecule has 1 amide bonds. The molecule has 1 heterocycles. The number of piperidine rings is 1. The van der Waals surface area contributed by atoms with Crippen LogP contribution in [0.4, 0.5) is 10.1 Å². The van der Waals surface area contributed by atoms with Crippen LogP contribution in [0.5, 0.6) is 0 Å². The van der Waals surface area contributed by atoms with Crippen LogP contribution in [0.3, 0.4) is 0 Å². The van der Waals surface area contributed by atoms with Gasteiger partial charge in [-0.3, -0.25) is 9.69 Å². The summed E-state index contributed by atoms with van der Waals surface area (Å²) in [5.41, 5.74) is 4.34. The SMILES string of the molecule is Cc1cccc(NC(=O)C2CCN(Cc3ccc(F)cc3)CC2)c1C. The van der Waals surface area contributed by atoms with Crippen molar-refractivity contribution in [2.24, 2.45) is 5.92 Å². The molecule has 1 fully saturated rings. The third-order valence-electron chi connectivity index (χ3n) is 5.14. The molecule has 0 aromatic heterocycles. The lowest BCUT2D eigenvalue weighted by atomic mass is 9.95. The summed E-state index contributed by atoms with van der Waals surface area (Å²) < 4.78 is 13.0. The molecule has 1 saturated heterocycles. The molecule has 1 aliphatic heterocycles. The van der Waals surface area contributed by atoms with Gasteiger partial charge in [-0.1, -0.05) is 24.3 Å². The highest BCUT2D eigenvalue weighted by atomic mass is 19.1. The Balaban J connectivity index is 1.52. The molecule has 25 heavy (non-hydrogen) atoms. The Hall–Kier alpha value is -2.20. The summed E-state index contributed by atoms with van der Waals surface area (Å²) in [6.45, 7) is 6.69. The summed E-state index contributed by atoms with van der Waals surface area (Å²) in [5, 5.41) is 3.09. The van der Waals surface area contributed by atoms with E-state index in [1.165, 1.54) is 17.7 Å².